The lowest BCUT2D eigenvalue weighted by Crippen LogP contribution is -2.12. The van der Waals surface area contributed by atoms with E-state index in [1.165, 1.54) is 19.0 Å². The number of hydrogen-bond donors (Lipinski definition) is 1. The molecule has 2 rings (SSSR count). The molecule has 0 bridgehead atoms. The Hall–Kier alpha value is -0.460. The van der Waals surface area contributed by atoms with Gasteiger partial charge in [-0.2, -0.15) is 0 Å². The van der Waals surface area contributed by atoms with Crippen LogP contribution in [-0.2, 0) is 19.5 Å². The molecule has 0 atom stereocenters. The number of rotatable bonds is 5. The van der Waals surface area contributed by atoms with E-state index in [1.54, 1.807) is 11.3 Å². The van der Waals surface area contributed by atoms with Crippen LogP contribution >= 0.6 is 33.9 Å². The van der Waals surface area contributed by atoms with Crippen LogP contribution in [0.5, 0.6) is 0 Å². The van der Waals surface area contributed by atoms with E-state index in [-0.39, 0.29) is 0 Å². The summed E-state index contributed by atoms with van der Waals surface area (Å²) in [7, 11) is 0. The summed E-state index contributed by atoms with van der Waals surface area (Å²) in [5.74, 6) is 0. The summed E-state index contributed by atoms with van der Waals surface area (Å²) >= 11 is 4.12. The van der Waals surface area contributed by atoms with Crippen LogP contribution in [-0.4, -0.2) is 4.98 Å². The number of aryl methyl sites for hydroxylation is 1. The molecule has 0 saturated heterocycles. The van der Waals surface area contributed by atoms with Crippen molar-refractivity contribution in [3.8, 4) is 0 Å². The summed E-state index contributed by atoms with van der Waals surface area (Å²) in [4.78, 5) is 5.74. The Morgan fingerprint density at radius 2 is 2.00 bits per heavy atom. The van der Waals surface area contributed by atoms with Crippen LogP contribution in [0.2, 0.25) is 0 Å². The molecule has 0 fully saturated rings. The molecule has 0 unspecified atom stereocenters. The van der Waals surface area contributed by atoms with Crippen LogP contribution in [0.3, 0.4) is 0 Å². The van der Waals surface area contributed by atoms with Crippen LogP contribution in [0.1, 0.15) is 22.4 Å². The Bertz CT molecular complexity index is 465. The van der Waals surface area contributed by atoms with Gasteiger partial charge in [0.05, 0.1) is 0 Å². The van der Waals surface area contributed by atoms with Crippen molar-refractivity contribution >= 4 is 33.9 Å². The van der Waals surface area contributed by atoms with Crippen molar-refractivity contribution in [1.29, 1.82) is 0 Å². The smallest absolute Gasteiger partial charge is 0.107 e. The van der Waals surface area contributed by atoms with Crippen molar-refractivity contribution in [3.63, 3.8) is 0 Å². The summed E-state index contributed by atoms with van der Waals surface area (Å²) in [6, 6.07) is 8.59. The topological polar surface area (TPSA) is 24.9 Å². The predicted octanol–water partition coefficient (Wildman–Crippen LogP) is 3.60. The summed E-state index contributed by atoms with van der Waals surface area (Å²) in [6.45, 7) is 3.92. The molecule has 0 aliphatic carbocycles. The highest BCUT2D eigenvalue weighted by Crippen LogP contribution is 2.13. The third kappa shape index (κ3) is 4.04. The Balaban J connectivity index is 1.81. The first-order valence-corrected chi connectivity index (χ1v) is 7.56. The lowest BCUT2D eigenvalue weighted by atomic mass is 10.2. The fraction of sp³-hybridized carbons (Fsp3) is 0.308. The molecule has 1 heterocycles. The molecule has 90 valence electrons. The first-order valence-electron chi connectivity index (χ1n) is 5.66. The zero-order valence-electron chi connectivity index (χ0n) is 9.74. The summed E-state index contributed by atoms with van der Waals surface area (Å²) in [5.41, 5.74) is 1.32. The van der Waals surface area contributed by atoms with Gasteiger partial charge in [-0.25, -0.2) is 4.98 Å². The molecular weight excluding hydrogens is 343 g/mol. The molecule has 1 aromatic heterocycles. The number of thiazole rings is 1. The minimum atomic E-state index is 0.858. The summed E-state index contributed by atoms with van der Waals surface area (Å²) < 4.78 is 1.28. The molecule has 2 nitrogen and oxygen atoms in total. The average molecular weight is 358 g/mol. The maximum absolute atomic E-state index is 4.39. The van der Waals surface area contributed by atoms with Crippen molar-refractivity contribution in [2.24, 2.45) is 0 Å². The van der Waals surface area contributed by atoms with Crippen molar-refractivity contribution in [2.45, 2.75) is 26.4 Å². The van der Waals surface area contributed by atoms with Crippen molar-refractivity contribution < 1.29 is 0 Å². The molecule has 1 aromatic carbocycles. The van der Waals surface area contributed by atoms with Crippen LogP contribution in [0, 0.1) is 3.57 Å². The van der Waals surface area contributed by atoms with Crippen LogP contribution in [0.4, 0.5) is 0 Å². The van der Waals surface area contributed by atoms with E-state index in [9.17, 15) is 0 Å². The van der Waals surface area contributed by atoms with Crippen LogP contribution in [0.25, 0.3) is 0 Å². The van der Waals surface area contributed by atoms with Gasteiger partial charge in [0.1, 0.15) is 5.01 Å². The number of nitrogens with one attached hydrogen (secondary N) is 1. The van der Waals surface area contributed by atoms with Crippen LogP contribution < -0.4 is 5.32 Å². The molecule has 2 aromatic rings. The van der Waals surface area contributed by atoms with Crippen LogP contribution in [0.15, 0.2) is 30.5 Å². The van der Waals surface area contributed by atoms with Gasteiger partial charge in [-0.15, -0.1) is 11.3 Å². The molecule has 0 spiro atoms. The number of hydrogen-bond acceptors (Lipinski definition) is 3. The highest BCUT2D eigenvalue weighted by molar-refractivity contribution is 14.1. The second-order valence-corrected chi connectivity index (χ2v) is 6.25. The van der Waals surface area contributed by atoms with Crippen molar-refractivity contribution in [3.05, 3.63) is 49.5 Å². The lowest BCUT2D eigenvalue weighted by Gasteiger charge is -2.02. The Morgan fingerprint density at radius 3 is 2.65 bits per heavy atom. The van der Waals surface area contributed by atoms with Gasteiger partial charge in [-0.3, -0.25) is 0 Å². The third-order valence-electron chi connectivity index (χ3n) is 2.47. The van der Waals surface area contributed by atoms with Gasteiger partial charge < -0.3 is 5.32 Å². The Morgan fingerprint density at radius 1 is 1.24 bits per heavy atom. The van der Waals surface area contributed by atoms with E-state index in [0.717, 1.165) is 19.5 Å². The quantitative estimate of drug-likeness (QED) is 0.827. The number of halogens is 1. The van der Waals surface area contributed by atoms with Gasteiger partial charge in [-0.1, -0.05) is 19.1 Å². The van der Waals surface area contributed by atoms with Crippen molar-refractivity contribution in [1.82, 2.24) is 10.3 Å². The van der Waals surface area contributed by atoms with Gasteiger partial charge in [0.2, 0.25) is 0 Å². The Kier molecular flexibility index (Phi) is 4.94. The molecular formula is C13H15IN2S. The number of nitrogens with zero attached hydrogens (tertiary/aromatic N) is 1. The summed E-state index contributed by atoms with van der Waals surface area (Å²) in [5, 5.41) is 4.59. The van der Waals surface area contributed by atoms with E-state index in [0.29, 0.717) is 0 Å². The highest BCUT2D eigenvalue weighted by atomic mass is 127. The van der Waals surface area contributed by atoms with E-state index in [4.69, 9.17) is 0 Å². The molecule has 0 aliphatic rings. The van der Waals surface area contributed by atoms with E-state index >= 15 is 0 Å². The first kappa shape index (κ1) is 13.0. The third-order valence-corrected chi connectivity index (χ3v) is 4.33. The first-order chi connectivity index (χ1) is 8.28. The highest BCUT2D eigenvalue weighted by Gasteiger charge is 2.00. The second kappa shape index (κ2) is 6.47. The van der Waals surface area contributed by atoms with Gasteiger partial charge in [-0.05, 0) is 46.7 Å². The molecule has 0 aliphatic heterocycles. The molecule has 0 radical (unpaired) electrons. The van der Waals surface area contributed by atoms with Gasteiger partial charge in [0.15, 0.2) is 0 Å². The maximum Gasteiger partial charge on any atom is 0.107 e. The monoisotopic (exact) mass is 358 g/mol. The molecule has 4 heteroatoms. The molecule has 0 amide bonds. The van der Waals surface area contributed by atoms with E-state index in [2.05, 4.69) is 64.1 Å². The zero-order chi connectivity index (χ0) is 12.1. The fourth-order valence-corrected chi connectivity index (χ4v) is 2.70. The second-order valence-electron chi connectivity index (χ2n) is 3.80. The predicted molar refractivity (Wildman–Crippen MR) is 81.2 cm³/mol. The maximum atomic E-state index is 4.39. The van der Waals surface area contributed by atoms with Gasteiger partial charge in [0, 0.05) is 27.7 Å². The average Bonchev–Trinajstić information content (AvgIpc) is 2.80. The van der Waals surface area contributed by atoms with E-state index in [1.807, 2.05) is 6.20 Å². The largest absolute Gasteiger partial charge is 0.306 e. The SMILES string of the molecule is CCc1cnc(CNCc2ccc(I)cc2)s1. The minimum Gasteiger partial charge on any atom is -0.306 e. The summed E-state index contributed by atoms with van der Waals surface area (Å²) in [6.07, 6.45) is 3.06. The van der Waals surface area contributed by atoms with Gasteiger partial charge >= 0.3 is 0 Å². The van der Waals surface area contributed by atoms with Crippen molar-refractivity contribution in [2.75, 3.05) is 0 Å². The minimum absolute atomic E-state index is 0.858. The fourth-order valence-electron chi connectivity index (χ4n) is 1.51. The van der Waals surface area contributed by atoms with Gasteiger partial charge in [0.25, 0.3) is 0 Å². The molecule has 0 saturated carbocycles. The number of aromatic nitrogens is 1. The normalized spacial score (nSPS) is 10.7. The lowest BCUT2D eigenvalue weighted by molar-refractivity contribution is 0.690. The number of benzene rings is 1. The zero-order valence-corrected chi connectivity index (χ0v) is 12.7. The van der Waals surface area contributed by atoms with E-state index < -0.39 is 0 Å². The standard InChI is InChI=1S/C13H15IN2S/c1-2-12-8-16-13(17-12)9-15-7-10-3-5-11(14)6-4-10/h3-6,8,15H,2,7,9H2,1H3. The molecule has 17 heavy (non-hydrogen) atoms. The Labute approximate surface area is 120 Å². The molecule has 1 N–H and O–H groups in total.